The lowest BCUT2D eigenvalue weighted by molar-refractivity contribution is 0.195. The minimum atomic E-state index is 0.335. The fraction of sp³-hybridized carbons (Fsp3) is 1.00. The maximum absolute atomic E-state index is 5.37. The first kappa shape index (κ1) is 12.9. The van der Waals surface area contributed by atoms with E-state index < -0.39 is 0 Å². The highest BCUT2D eigenvalue weighted by Crippen LogP contribution is 2.22. The summed E-state index contributed by atoms with van der Waals surface area (Å²) in [5.74, 6) is 0.677. The third kappa shape index (κ3) is 4.93. The summed E-state index contributed by atoms with van der Waals surface area (Å²) in [6, 6.07) is 0. The van der Waals surface area contributed by atoms with E-state index in [1.807, 2.05) is 0 Å². The van der Waals surface area contributed by atoms with E-state index in [1.54, 1.807) is 0 Å². The zero-order chi connectivity index (χ0) is 11.3. The van der Waals surface area contributed by atoms with Gasteiger partial charge in [0.1, 0.15) is 6.23 Å². The van der Waals surface area contributed by atoms with Gasteiger partial charge in [0, 0.05) is 6.54 Å². The van der Waals surface area contributed by atoms with Gasteiger partial charge < -0.3 is 15.4 Å². The van der Waals surface area contributed by atoms with E-state index in [9.17, 15) is 0 Å². The normalized spacial score (nSPS) is 27.0. The van der Waals surface area contributed by atoms with Gasteiger partial charge in [-0.05, 0) is 33.0 Å². The Morgan fingerprint density at radius 1 is 1.33 bits per heavy atom. The van der Waals surface area contributed by atoms with Crippen LogP contribution in [0.1, 0.15) is 20.8 Å². The number of hydrogen-bond donors (Lipinski definition) is 2. The molecule has 1 fully saturated rings. The average molecular weight is 215 g/mol. The molecule has 1 aliphatic rings. The van der Waals surface area contributed by atoms with Gasteiger partial charge in [-0.3, -0.25) is 4.90 Å². The predicted octanol–water partition coefficient (Wildman–Crippen LogP) is 0.456. The van der Waals surface area contributed by atoms with Gasteiger partial charge in [0.05, 0.1) is 12.8 Å². The van der Waals surface area contributed by atoms with Gasteiger partial charge in [-0.25, -0.2) is 0 Å². The van der Waals surface area contributed by atoms with Gasteiger partial charge in [-0.1, -0.05) is 13.8 Å². The molecule has 0 saturated carbocycles. The van der Waals surface area contributed by atoms with Crippen LogP contribution in [-0.4, -0.2) is 50.6 Å². The largest absolute Gasteiger partial charge is 0.353 e. The van der Waals surface area contributed by atoms with Crippen molar-refractivity contribution < 1.29 is 4.74 Å². The molecule has 0 aromatic rings. The molecule has 1 aliphatic heterocycles. The highest BCUT2D eigenvalue weighted by Gasteiger charge is 2.37. The number of rotatable bonds is 8. The van der Waals surface area contributed by atoms with Crippen LogP contribution in [-0.2, 0) is 4.74 Å². The number of hydrogen-bond acceptors (Lipinski definition) is 4. The minimum absolute atomic E-state index is 0.335. The summed E-state index contributed by atoms with van der Waals surface area (Å²) >= 11 is 0. The first-order chi connectivity index (χ1) is 7.15. The molecule has 1 saturated heterocycles. The summed E-state index contributed by atoms with van der Waals surface area (Å²) in [6.07, 6.45) is 0.748. The summed E-state index contributed by atoms with van der Waals surface area (Å²) in [4.78, 5) is 2.21. The molecule has 4 nitrogen and oxygen atoms in total. The third-order valence-corrected chi connectivity index (χ3v) is 2.71. The highest BCUT2D eigenvalue weighted by atomic mass is 16.6. The van der Waals surface area contributed by atoms with Crippen molar-refractivity contribution in [3.8, 4) is 0 Å². The summed E-state index contributed by atoms with van der Waals surface area (Å²) < 4.78 is 5.37. The van der Waals surface area contributed by atoms with Crippen LogP contribution in [0.25, 0.3) is 0 Å². The van der Waals surface area contributed by atoms with E-state index in [-0.39, 0.29) is 0 Å². The Morgan fingerprint density at radius 2 is 1.93 bits per heavy atom. The number of epoxide rings is 1. The monoisotopic (exact) mass is 215 g/mol. The molecule has 2 N–H and O–H groups in total. The van der Waals surface area contributed by atoms with Gasteiger partial charge >= 0.3 is 0 Å². The predicted molar refractivity (Wildman–Crippen MR) is 62.7 cm³/mol. The number of ether oxygens (including phenoxy) is 1. The zero-order valence-electron chi connectivity index (χ0n) is 10.4. The van der Waals surface area contributed by atoms with Gasteiger partial charge in [-0.15, -0.1) is 0 Å². The second kappa shape index (κ2) is 6.43. The lowest BCUT2D eigenvalue weighted by atomic mass is 10.2. The van der Waals surface area contributed by atoms with Crippen LogP contribution >= 0.6 is 0 Å². The van der Waals surface area contributed by atoms with Crippen molar-refractivity contribution in [3.05, 3.63) is 0 Å². The van der Waals surface area contributed by atoms with E-state index in [2.05, 4.69) is 43.4 Å². The molecule has 0 amide bonds. The Morgan fingerprint density at radius 3 is 2.47 bits per heavy atom. The van der Waals surface area contributed by atoms with Crippen LogP contribution in [0.3, 0.4) is 0 Å². The molecule has 0 aromatic heterocycles. The van der Waals surface area contributed by atoms with Gasteiger partial charge in [0.25, 0.3) is 0 Å². The molecule has 1 heterocycles. The van der Waals surface area contributed by atoms with Crippen molar-refractivity contribution in [3.63, 3.8) is 0 Å². The minimum Gasteiger partial charge on any atom is -0.353 e. The first-order valence-corrected chi connectivity index (χ1v) is 5.92. The maximum Gasteiger partial charge on any atom is 0.138 e. The molecule has 0 aliphatic carbocycles. The van der Waals surface area contributed by atoms with Crippen molar-refractivity contribution in [2.45, 2.75) is 33.1 Å². The van der Waals surface area contributed by atoms with Crippen molar-refractivity contribution in [1.82, 2.24) is 15.5 Å². The van der Waals surface area contributed by atoms with Gasteiger partial charge in [0.15, 0.2) is 0 Å². The van der Waals surface area contributed by atoms with E-state index in [0.717, 1.165) is 26.3 Å². The molecule has 0 aromatic carbocycles. The summed E-state index contributed by atoms with van der Waals surface area (Å²) in [5, 5.41) is 6.79. The summed E-state index contributed by atoms with van der Waals surface area (Å²) in [7, 11) is 2.09. The molecule has 15 heavy (non-hydrogen) atoms. The SMILES string of the molecule is CCNC[C@@H](C)CNCN(C)[C@H]1O[C@@H]1C. The lowest BCUT2D eigenvalue weighted by Gasteiger charge is -2.17. The Labute approximate surface area is 93.4 Å². The standard InChI is InChI=1S/C11H25N3O/c1-5-12-6-9(2)7-13-8-14(4)11-10(3)15-11/h9-13H,5-8H2,1-4H3/t9-,10-,11+/m1/s1. The quantitative estimate of drug-likeness (QED) is 0.456. The lowest BCUT2D eigenvalue weighted by Crippen LogP contribution is -2.37. The molecule has 90 valence electrons. The summed E-state index contributed by atoms with van der Waals surface area (Å²) in [5.41, 5.74) is 0. The molecule has 4 heteroatoms. The summed E-state index contributed by atoms with van der Waals surface area (Å²) in [6.45, 7) is 10.6. The molecule has 0 spiro atoms. The Bertz CT molecular complexity index is 177. The second-order valence-electron chi connectivity index (χ2n) is 4.51. The van der Waals surface area contributed by atoms with Crippen LogP contribution in [0.2, 0.25) is 0 Å². The van der Waals surface area contributed by atoms with Gasteiger partial charge in [0.2, 0.25) is 0 Å². The third-order valence-electron chi connectivity index (χ3n) is 2.71. The van der Waals surface area contributed by atoms with E-state index in [4.69, 9.17) is 4.74 Å². The Kier molecular flexibility index (Phi) is 5.53. The number of likely N-dealkylation sites (N-methyl/N-ethyl adjacent to an activating group) is 1. The zero-order valence-corrected chi connectivity index (χ0v) is 10.4. The smallest absolute Gasteiger partial charge is 0.138 e. The van der Waals surface area contributed by atoms with Crippen LogP contribution in [0, 0.1) is 5.92 Å². The van der Waals surface area contributed by atoms with Gasteiger partial charge in [-0.2, -0.15) is 0 Å². The number of nitrogens with one attached hydrogen (secondary N) is 2. The number of nitrogens with zero attached hydrogens (tertiary/aromatic N) is 1. The fourth-order valence-electron chi connectivity index (χ4n) is 1.68. The first-order valence-electron chi connectivity index (χ1n) is 5.92. The molecule has 3 atom stereocenters. The Hall–Kier alpha value is -0.160. The van der Waals surface area contributed by atoms with Crippen molar-refractivity contribution in [2.24, 2.45) is 5.92 Å². The van der Waals surface area contributed by atoms with E-state index in [0.29, 0.717) is 18.2 Å². The van der Waals surface area contributed by atoms with Crippen molar-refractivity contribution in [1.29, 1.82) is 0 Å². The Balaban J connectivity index is 1.95. The molecule has 1 rings (SSSR count). The topological polar surface area (TPSA) is 39.8 Å². The van der Waals surface area contributed by atoms with E-state index in [1.165, 1.54) is 0 Å². The molecular formula is C11H25N3O. The van der Waals surface area contributed by atoms with Crippen LogP contribution in [0.15, 0.2) is 0 Å². The molecule has 0 bridgehead atoms. The maximum atomic E-state index is 5.37. The van der Waals surface area contributed by atoms with Crippen LogP contribution in [0.5, 0.6) is 0 Å². The fourth-order valence-corrected chi connectivity index (χ4v) is 1.68. The molecule has 0 radical (unpaired) electrons. The van der Waals surface area contributed by atoms with Crippen LogP contribution in [0.4, 0.5) is 0 Å². The van der Waals surface area contributed by atoms with Crippen molar-refractivity contribution in [2.75, 3.05) is 33.4 Å². The average Bonchev–Trinajstić information content (AvgIpc) is 2.92. The molecular weight excluding hydrogens is 190 g/mol. The van der Waals surface area contributed by atoms with Crippen LogP contribution < -0.4 is 10.6 Å². The second-order valence-corrected chi connectivity index (χ2v) is 4.51. The van der Waals surface area contributed by atoms with Crippen molar-refractivity contribution >= 4 is 0 Å². The van der Waals surface area contributed by atoms with E-state index >= 15 is 0 Å². The highest BCUT2D eigenvalue weighted by molar-refractivity contribution is 4.78. The molecule has 0 unspecified atom stereocenters.